The van der Waals surface area contributed by atoms with E-state index in [1.165, 1.54) is 0 Å². The number of halogens is 2. The molecular formula is C8H8F2N2O2. The van der Waals surface area contributed by atoms with Gasteiger partial charge in [0.1, 0.15) is 6.04 Å². The minimum atomic E-state index is -1.62. The summed E-state index contributed by atoms with van der Waals surface area (Å²) in [7, 11) is 0. The number of hydrogen-bond acceptors (Lipinski definition) is 3. The normalized spacial score (nSPS) is 12.5. The molecule has 1 aromatic carbocycles. The molecule has 14 heavy (non-hydrogen) atoms. The zero-order chi connectivity index (χ0) is 10.9. The Hall–Kier alpha value is -1.69. The van der Waals surface area contributed by atoms with E-state index in [2.05, 4.69) is 0 Å². The molecule has 1 unspecified atom stereocenters. The van der Waals surface area contributed by atoms with Gasteiger partial charge in [0.15, 0.2) is 11.6 Å². The van der Waals surface area contributed by atoms with Crippen molar-refractivity contribution in [3.63, 3.8) is 0 Å². The number of hydrogen-bond donors (Lipinski definition) is 3. The number of benzene rings is 1. The molecule has 0 aliphatic carbocycles. The second-order valence-electron chi connectivity index (χ2n) is 2.72. The minimum absolute atomic E-state index is 0.0735. The van der Waals surface area contributed by atoms with E-state index in [-0.39, 0.29) is 5.69 Å². The Bertz CT molecular complexity index is 382. The van der Waals surface area contributed by atoms with Crippen molar-refractivity contribution in [2.24, 2.45) is 5.73 Å². The summed E-state index contributed by atoms with van der Waals surface area (Å²) in [5.41, 5.74) is 9.79. The van der Waals surface area contributed by atoms with Gasteiger partial charge in [0.25, 0.3) is 0 Å². The number of carboxylic acid groups (broad SMARTS) is 1. The Labute approximate surface area is 78.1 Å². The van der Waals surface area contributed by atoms with E-state index in [0.717, 1.165) is 12.1 Å². The maximum Gasteiger partial charge on any atom is 0.325 e. The van der Waals surface area contributed by atoms with E-state index in [1.54, 1.807) is 0 Å². The molecule has 1 aromatic rings. The lowest BCUT2D eigenvalue weighted by Crippen LogP contribution is -2.22. The van der Waals surface area contributed by atoms with Gasteiger partial charge in [-0.05, 0) is 12.1 Å². The SMILES string of the molecule is Nc1cc(F)c(F)c(C(N)C(=O)O)c1. The molecule has 0 radical (unpaired) electrons. The number of carboxylic acids is 1. The Morgan fingerprint density at radius 2 is 2.00 bits per heavy atom. The first kappa shape index (κ1) is 10.4. The first-order chi connectivity index (χ1) is 6.43. The van der Waals surface area contributed by atoms with E-state index in [4.69, 9.17) is 16.6 Å². The molecule has 0 aliphatic heterocycles. The van der Waals surface area contributed by atoms with Crippen LogP contribution in [0.2, 0.25) is 0 Å². The van der Waals surface area contributed by atoms with Crippen molar-refractivity contribution in [3.05, 3.63) is 29.3 Å². The fourth-order valence-corrected chi connectivity index (χ4v) is 0.991. The molecule has 0 aliphatic rings. The predicted molar refractivity (Wildman–Crippen MR) is 45.3 cm³/mol. The zero-order valence-corrected chi connectivity index (χ0v) is 7.00. The van der Waals surface area contributed by atoms with Crippen molar-refractivity contribution in [3.8, 4) is 0 Å². The Balaban J connectivity index is 3.26. The highest BCUT2D eigenvalue weighted by Gasteiger charge is 2.21. The first-order valence-electron chi connectivity index (χ1n) is 3.66. The average molecular weight is 202 g/mol. The highest BCUT2D eigenvalue weighted by atomic mass is 19.2. The van der Waals surface area contributed by atoms with Crippen LogP contribution in [0.3, 0.4) is 0 Å². The lowest BCUT2D eigenvalue weighted by Gasteiger charge is -2.09. The summed E-state index contributed by atoms with van der Waals surface area (Å²) < 4.78 is 25.8. The third-order valence-electron chi connectivity index (χ3n) is 1.68. The maximum atomic E-state index is 13.0. The Kier molecular flexibility index (Phi) is 2.66. The molecular weight excluding hydrogens is 194 g/mol. The van der Waals surface area contributed by atoms with Crippen molar-refractivity contribution < 1.29 is 18.7 Å². The first-order valence-corrected chi connectivity index (χ1v) is 3.66. The molecule has 5 N–H and O–H groups in total. The van der Waals surface area contributed by atoms with Gasteiger partial charge in [-0.3, -0.25) is 4.79 Å². The van der Waals surface area contributed by atoms with Crippen molar-refractivity contribution in [1.29, 1.82) is 0 Å². The number of nitrogens with two attached hydrogens (primary N) is 2. The van der Waals surface area contributed by atoms with Gasteiger partial charge in [-0.2, -0.15) is 0 Å². The standard InChI is InChI=1S/C8H8F2N2O2/c9-5-2-3(11)1-4(6(5)10)7(12)8(13)14/h1-2,7H,11-12H2,(H,13,14). The molecule has 4 nitrogen and oxygen atoms in total. The Morgan fingerprint density at radius 1 is 1.43 bits per heavy atom. The zero-order valence-electron chi connectivity index (χ0n) is 7.00. The van der Waals surface area contributed by atoms with Crippen molar-refractivity contribution in [2.45, 2.75) is 6.04 Å². The molecule has 0 fully saturated rings. The van der Waals surface area contributed by atoms with Crippen molar-refractivity contribution >= 4 is 11.7 Å². The van der Waals surface area contributed by atoms with Gasteiger partial charge < -0.3 is 16.6 Å². The summed E-state index contributed by atoms with van der Waals surface area (Å²) >= 11 is 0. The van der Waals surface area contributed by atoms with Crippen LogP contribution >= 0.6 is 0 Å². The quantitative estimate of drug-likeness (QED) is 0.613. The van der Waals surface area contributed by atoms with Gasteiger partial charge in [0.2, 0.25) is 0 Å². The fraction of sp³-hybridized carbons (Fsp3) is 0.125. The highest BCUT2D eigenvalue weighted by Crippen LogP contribution is 2.21. The van der Waals surface area contributed by atoms with Gasteiger partial charge >= 0.3 is 5.97 Å². The van der Waals surface area contributed by atoms with Gasteiger partial charge in [0, 0.05) is 11.3 Å². The minimum Gasteiger partial charge on any atom is -0.480 e. The van der Waals surface area contributed by atoms with Gasteiger partial charge in [-0.1, -0.05) is 0 Å². The fourth-order valence-electron chi connectivity index (χ4n) is 0.991. The smallest absolute Gasteiger partial charge is 0.325 e. The maximum absolute atomic E-state index is 13.0. The summed E-state index contributed by atoms with van der Waals surface area (Å²) in [5, 5.41) is 8.49. The molecule has 76 valence electrons. The van der Waals surface area contributed by atoms with Crippen LogP contribution in [0.25, 0.3) is 0 Å². The average Bonchev–Trinajstić information content (AvgIpc) is 2.09. The molecule has 0 spiro atoms. The van der Waals surface area contributed by atoms with Gasteiger partial charge in [0.05, 0.1) is 0 Å². The summed E-state index contributed by atoms with van der Waals surface area (Å²) in [6.07, 6.45) is 0. The van der Waals surface area contributed by atoms with E-state index >= 15 is 0 Å². The third-order valence-corrected chi connectivity index (χ3v) is 1.68. The topological polar surface area (TPSA) is 89.3 Å². The van der Waals surface area contributed by atoms with E-state index < -0.39 is 29.2 Å². The van der Waals surface area contributed by atoms with Crippen molar-refractivity contribution in [2.75, 3.05) is 5.73 Å². The van der Waals surface area contributed by atoms with Crippen LogP contribution in [-0.2, 0) is 4.79 Å². The number of aliphatic carboxylic acids is 1. The lowest BCUT2D eigenvalue weighted by atomic mass is 10.1. The molecule has 1 rings (SSSR count). The monoisotopic (exact) mass is 202 g/mol. The van der Waals surface area contributed by atoms with E-state index in [1.807, 2.05) is 0 Å². The lowest BCUT2D eigenvalue weighted by molar-refractivity contribution is -0.138. The second-order valence-corrected chi connectivity index (χ2v) is 2.72. The molecule has 0 saturated heterocycles. The van der Waals surface area contributed by atoms with Crippen LogP contribution in [0.15, 0.2) is 12.1 Å². The summed E-state index contributed by atoms with van der Waals surface area (Å²) in [4.78, 5) is 10.4. The molecule has 0 bridgehead atoms. The predicted octanol–water partition coefficient (Wildman–Crippen LogP) is 0.631. The molecule has 1 atom stereocenters. The summed E-state index contributed by atoms with van der Waals surface area (Å²) in [6.45, 7) is 0. The molecule has 0 aromatic heterocycles. The number of nitrogen functional groups attached to an aromatic ring is 1. The summed E-state index contributed by atoms with van der Waals surface area (Å²) in [6, 6.07) is 0.137. The second kappa shape index (κ2) is 3.59. The van der Waals surface area contributed by atoms with Crippen molar-refractivity contribution in [1.82, 2.24) is 0 Å². The number of anilines is 1. The number of rotatable bonds is 2. The van der Waals surface area contributed by atoms with Gasteiger partial charge in [-0.15, -0.1) is 0 Å². The molecule has 0 amide bonds. The Morgan fingerprint density at radius 3 is 2.50 bits per heavy atom. The van der Waals surface area contributed by atoms with E-state index in [9.17, 15) is 13.6 Å². The largest absolute Gasteiger partial charge is 0.480 e. The van der Waals surface area contributed by atoms with Crippen LogP contribution in [-0.4, -0.2) is 11.1 Å². The molecule has 6 heteroatoms. The van der Waals surface area contributed by atoms with Crippen LogP contribution < -0.4 is 11.5 Å². The van der Waals surface area contributed by atoms with Gasteiger partial charge in [-0.25, -0.2) is 8.78 Å². The highest BCUT2D eigenvalue weighted by molar-refractivity contribution is 5.75. The number of carbonyl (C=O) groups is 1. The van der Waals surface area contributed by atoms with E-state index in [0.29, 0.717) is 0 Å². The molecule has 0 saturated carbocycles. The van der Waals surface area contributed by atoms with Crippen LogP contribution in [0.4, 0.5) is 14.5 Å². The third kappa shape index (κ3) is 1.80. The van der Waals surface area contributed by atoms with Crippen LogP contribution in [0.5, 0.6) is 0 Å². The summed E-state index contributed by atoms with van der Waals surface area (Å²) in [5.74, 6) is -3.94. The van der Waals surface area contributed by atoms with Crippen LogP contribution in [0.1, 0.15) is 11.6 Å². The molecule has 0 heterocycles. The van der Waals surface area contributed by atoms with Crippen LogP contribution in [0, 0.1) is 11.6 Å².